The first-order valence-corrected chi connectivity index (χ1v) is 10.9. The van der Waals surface area contributed by atoms with Crippen molar-refractivity contribution in [3.63, 3.8) is 0 Å². The van der Waals surface area contributed by atoms with E-state index in [0.717, 1.165) is 38.4 Å². The van der Waals surface area contributed by atoms with E-state index >= 15 is 0 Å². The predicted molar refractivity (Wildman–Crippen MR) is 127 cm³/mol. The molecule has 0 atom stereocenters. The van der Waals surface area contributed by atoms with E-state index < -0.39 is 0 Å². The van der Waals surface area contributed by atoms with Gasteiger partial charge < -0.3 is 16.0 Å². The fourth-order valence-corrected chi connectivity index (χ4v) is 4.23. The number of amides is 1. The van der Waals surface area contributed by atoms with Gasteiger partial charge in [0, 0.05) is 50.5 Å². The van der Waals surface area contributed by atoms with Crippen molar-refractivity contribution in [3.05, 3.63) is 96.1 Å². The van der Waals surface area contributed by atoms with Crippen LogP contribution < -0.4 is 11.1 Å². The summed E-state index contributed by atoms with van der Waals surface area (Å²) in [4.78, 5) is 17.2. The molecule has 160 valence electrons. The largest absolute Gasteiger partial charge is 0.399 e. The number of hydrogen-bond acceptors (Lipinski definition) is 4. The first kappa shape index (κ1) is 21.1. The highest BCUT2D eigenvalue weighted by molar-refractivity contribution is 5.91. The highest BCUT2D eigenvalue weighted by Crippen LogP contribution is 2.29. The van der Waals surface area contributed by atoms with E-state index in [1.165, 1.54) is 11.1 Å². The molecule has 3 aromatic rings. The number of rotatable bonds is 7. The molecule has 0 aromatic heterocycles. The van der Waals surface area contributed by atoms with Crippen LogP contribution in [-0.2, 0) is 4.79 Å². The molecule has 5 nitrogen and oxygen atoms in total. The van der Waals surface area contributed by atoms with Crippen molar-refractivity contribution in [1.82, 2.24) is 9.80 Å². The number of nitrogens with two attached hydrogens (primary N) is 1. The summed E-state index contributed by atoms with van der Waals surface area (Å²) in [6.45, 7) is 4.64. The van der Waals surface area contributed by atoms with Crippen LogP contribution in [0, 0.1) is 0 Å². The van der Waals surface area contributed by atoms with Crippen LogP contribution in [0.2, 0.25) is 0 Å². The van der Waals surface area contributed by atoms with Gasteiger partial charge in [-0.15, -0.1) is 0 Å². The van der Waals surface area contributed by atoms with Gasteiger partial charge in [0.1, 0.15) is 0 Å². The summed E-state index contributed by atoms with van der Waals surface area (Å²) in [6, 6.07) is 29.0. The van der Waals surface area contributed by atoms with Crippen LogP contribution >= 0.6 is 0 Å². The number of nitrogen functional groups attached to an aromatic ring is 1. The van der Waals surface area contributed by atoms with Crippen LogP contribution in [0.1, 0.15) is 23.6 Å². The molecule has 0 saturated carbocycles. The predicted octanol–water partition coefficient (Wildman–Crippen LogP) is 4.00. The highest BCUT2D eigenvalue weighted by atomic mass is 16.1. The van der Waals surface area contributed by atoms with Crippen LogP contribution in [-0.4, -0.2) is 48.4 Å². The van der Waals surface area contributed by atoms with Crippen LogP contribution in [0.3, 0.4) is 0 Å². The second kappa shape index (κ2) is 10.2. The molecule has 1 amide bonds. The maximum absolute atomic E-state index is 12.3. The third-order valence-electron chi connectivity index (χ3n) is 5.83. The van der Waals surface area contributed by atoms with Gasteiger partial charge in [0.25, 0.3) is 0 Å². The standard InChI is InChI=1S/C26H30N4O/c27-23-12-7-13-24(20-23)28-25(31)14-15-29-16-18-30(19-17-29)26(21-8-3-1-4-9-21)22-10-5-2-6-11-22/h1-13,20,26H,14-19,27H2,(H,28,31). The Morgan fingerprint density at radius 1 is 0.839 bits per heavy atom. The van der Waals surface area contributed by atoms with E-state index in [1.807, 2.05) is 18.2 Å². The summed E-state index contributed by atoms with van der Waals surface area (Å²) < 4.78 is 0. The number of nitrogens with one attached hydrogen (secondary N) is 1. The summed E-state index contributed by atoms with van der Waals surface area (Å²) in [5, 5.41) is 2.94. The Morgan fingerprint density at radius 2 is 1.45 bits per heavy atom. The Balaban J connectivity index is 1.32. The summed E-state index contributed by atoms with van der Waals surface area (Å²) in [5.41, 5.74) is 9.83. The summed E-state index contributed by atoms with van der Waals surface area (Å²) in [7, 11) is 0. The lowest BCUT2D eigenvalue weighted by atomic mass is 9.96. The molecule has 31 heavy (non-hydrogen) atoms. The zero-order valence-electron chi connectivity index (χ0n) is 17.8. The maximum Gasteiger partial charge on any atom is 0.225 e. The first-order chi connectivity index (χ1) is 15.2. The Bertz CT molecular complexity index is 929. The molecule has 3 aromatic carbocycles. The molecule has 0 radical (unpaired) electrons. The molecule has 5 heteroatoms. The Kier molecular flexibility index (Phi) is 6.97. The molecule has 1 aliphatic heterocycles. The van der Waals surface area contributed by atoms with E-state index in [0.29, 0.717) is 12.1 Å². The smallest absolute Gasteiger partial charge is 0.225 e. The van der Waals surface area contributed by atoms with Gasteiger partial charge in [0.05, 0.1) is 6.04 Å². The Labute approximate surface area is 184 Å². The zero-order valence-corrected chi connectivity index (χ0v) is 17.8. The summed E-state index contributed by atoms with van der Waals surface area (Å²) >= 11 is 0. The number of hydrogen-bond donors (Lipinski definition) is 2. The summed E-state index contributed by atoms with van der Waals surface area (Å²) in [6.07, 6.45) is 0.482. The van der Waals surface area contributed by atoms with Crippen molar-refractivity contribution >= 4 is 17.3 Å². The monoisotopic (exact) mass is 414 g/mol. The van der Waals surface area contributed by atoms with Crippen LogP contribution in [0.4, 0.5) is 11.4 Å². The van der Waals surface area contributed by atoms with Crippen molar-refractivity contribution in [2.75, 3.05) is 43.8 Å². The minimum atomic E-state index is 0.0273. The molecule has 0 bridgehead atoms. The lowest BCUT2D eigenvalue weighted by Gasteiger charge is -2.39. The molecule has 0 spiro atoms. The number of anilines is 2. The third kappa shape index (κ3) is 5.72. The molecule has 4 rings (SSSR count). The minimum Gasteiger partial charge on any atom is -0.399 e. The van der Waals surface area contributed by atoms with Gasteiger partial charge >= 0.3 is 0 Å². The highest BCUT2D eigenvalue weighted by Gasteiger charge is 2.26. The molecule has 3 N–H and O–H groups in total. The summed E-state index contributed by atoms with van der Waals surface area (Å²) in [5.74, 6) is 0.0273. The van der Waals surface area contributed by atoms with E-state index in [2.05, 4.69) is 75.8 Å². The SMILES string of the molecule is Nc1cccc(NC(=O)CCN2CCN(C(c3ccccc3)c3ccccc3)CC2)c1. The molecular weight excluding hydrogens is 384 g/mol. The second-order valence-corrected chi connectivity index (χ2v) is 8.03. The number of piperazine rings is 1. The van der Waals surface area contributed by atoms with Crippen LogP contribution in [0.25, 0.3) is 0 Å². The van der Waals surface area contributed by atoms with Crippen molar-refractivity contribution in [1.29, 1.82) is 0 Å². The zero-order chi connectivity index (χ0) is 21.5. The average molecular weight is 415 g/mol. The van der Waals surface area contributed by atoms with Gasteiger partial charge in [0.15, 0.2) is 0 Å². The van der Waals surface area contributed by atoms with Gasteiger partial charge in [-0.2, -0.15) is 0 Å². The quantitative estimate of drug-likeness (QED) is 0.574. The van der Waals surface area contributed by atoms with Crippen LogP contribution in [0.5, 0.6) is 0 Å². The fraction of sp³-hybridized carbons (Fsp3) is 0.269. The lowest BCUT2D eigenvalue weighted by molar-refractivity contribution is -0.116. The molecule has 1 fully saturated rings. The number of benzene rings is 3. The van der Waals surface area contributed by atoms with E-state index in [1.54, 1.807) is 6.07 Å². The molecule has 0 unspecified atom stereocenters. The topological polar surface area (TPSA) is 61.6 Å². The molecule has 1 saturated heterocycles. The third-order valence-corrected chi connectivity index (χ3v) is 5.83. The average Bonchev–Trinajstić information content (AvgIpc) is 2.80. The first-order valence-electron chi connectivity index (χ1n) is 10.9. The molecule has 1 aliphatic rings. The minimum absolute atomic E-state index is 0.0273. The number of nitrogens with zero attached hydrogens (tertiary/aromatic N) is 2. The van der Waals surface area contributed by atoms with Gasteiger partial charge in [-0.3, -0.25) is 9.69 Å². The molecular formula is C26H30N4O. The van der Waals surface area contributed by atoms with Gasteiger partial charge in [-0.05, 0) is 29.3 Å². The van der Waals surface area contributed by atoms with Gasteiger partial charge in [0.2, 0.25) is 5.91 Å². The van der Waals surface area contributed by atoms with Crippen molar-refractivity contribution in [2.24, 2.45) is 0 Å². The van der Waals surface area contributed by atoms with Crippen molar-refractivity contribution in [2.45, 2.75) is 12.5 Å². The molecule has 0 aliphatic carbocycles. The fourth-order valence-electron chi connectivity index (χ4n) is 4.23. The normalized spacial score (nSPS) is 15.1. The van der Waals surface area contributed by atoms with E-state index in [-0.39, 0.29) is 11.9 Å². The molecule has 1 heterocycles. The number of carbonyl (C=O) groups is 1. The maximum atomic E-state index is 12.3. The van der Waals surface area contributed by atoms with E-state index in [4.69, 9.17) is 5.73 Å². The van der Waals surface area contributed by atoms with E-state index in [9.17, 15) is 4.79 Å². The Morgan fingerprint density at radius 3 is 2.03 bits per heavy atom. The van der Waals surface area contributed by atoms with Gasteiger partial charge in [-0.1, -0.05) is 66.7 Å². The van der Waals surface area contributed by atoms with Gasteiger partial charge in [-0.25, -0.2) is 0 Å². The number of carbonyl (C=O) groups excluding carboxylic acids is 1. The Hall–Kier alpha value is -3.15. The van der Waals surface area contributed by atoms with Crippen molar-refractivity contribution in [3.8, 4) is 0 Å². The lowest BCUT2D eigenvalue weighted by Crippen LogP contribution is -2.48. The second-order valence-electron chi connectivity index (χ2n) is 8.03. The van der Waals surface area contributed by atoms with Crippen LogP contribution in [0.15, 0.2) is 84.9 Å². The van der Waals surface area contributed by atoms with Crippen molar-refractivity contribution < 1.29 is 4.79 Å².